The standard InChI is InChI=1S/C21H26O5/c1-5-23-17-14-16(18(22)15-12-10-9-11-13-15)19(24-6-2)21(26-8-4)20(17)25-7-3/h9-14H,5-8H2,1-4H3. The van der Waals surface area contributed by atoms with Gasteiger partial charge in [0.1, 0.15) is 0 Å². The van der Waals surface area contributed by atoms with Gasteiger partial charge in [-0.3, -0.25) is 4.79 Å². The number of benzene rings is 2. The van der Waals surface area contributed by atoms with E-state index in [1.54, 1.807) is 18.2 Å². The second kappa shape index (κ2) is 9.70. The lowest BCUT2D eigenvalue weighted by Gasteiger charge is -2.21. The van der Waals surface area contributed by atoms with Gasteiger partial charge in [-0.05, 0) is 33.8 Å². The third kappa shape index (κ3) is 4.28. The van der Waals surface area contributed by atoms with Gasteiger partial charge in [0.25, 0.3) is 0 Å². The van der Waals surface area contributed by atoms with Crippen molar-refractivity contribution in [1.82, 2.24) is 0 Å². The van der Waals surface area contributed by atoms with Crippen LogP contribution in [0.5, 0.6) is 23.0 Å². The maximum atomic E-state index is 13.1. The molecule has 2 aromatic carbocycles. The minimum atomic E-state index is -0.154. The van der Waals surface area contributed by atoms with Gasteiger partial charge >= 0.3 is 0 Å². The number of carbonyl (C=O) groups is 1. The van der Waals surface area contributed by atoms with Crippen molar-refractivity contribution in [3.05, 3.63) is 47.5 Å². The fraction of sp³-hybridized carbons (Fsp3) is 0.381. The first-order valence-corrected chi connectivity index (χ1v) is 8.99. The molecule has 0 aliphatic carbocycles. The topological polar surface area (TPSA) is 54.0 Å². The second-order valence-electron chi connectivity index (χ2n) is 5.34. The molecular formula is C21H26O5. The molecule has 0 amide bonds. The van der Waals surface area contributed by atoms with Gasteiger partial charge in [-0.2, -0.15) is 0 Å². The Bertz CT molecular complexity index is 725. The van der Waals surface area contributed by atoms with Crippen molar-refractivity contribution in [3.8, 4) is 23.0 Å². The maximum absolute atomic E-state index is 13.1. The molecule has 140 valence electrons. The summed E-state index contributed by atoms with van der Waals surface area (Å²) in [4.78, 5) is 13.1. The predicted molar refractivity (Wildman–Crippen MR) is 101 cm³/mol. The van der Waals surface area contributed by atoms with E-state index in [-0.39, 0.29) is 5.78 Å². The summed E-state index contributed by atoms with van der Waals surface area (Å²) < 4.78 is 23.1. The smallest absolute Gasteiger partial charge is 0.208 e. The van der Waals surface area contributed by atoms with Crippen LogP contribution in [0.25, 0.3) is 0 Å². The number of ketones is 1. The van der Waals surface area contributed by atoms with Crippen molar-refractivity contribution in [1.29, 1.82) is 0 Å². The maximum Gasteiger partial charge on any atom is 0.208 e. The first kappa shape index (κ1) is 19.6. The average Bonchev–Trinajstić information content (AvgIpc) is 2.66. The summed E-state index contributed by atoms with van der Waals surface area (Å²) in [6.07, 6.45) is 0. The fourth-order valence-electron chi connectivity index (χ4n) is 2.62. The molecule has 0 radical (unpaired) electrons. The summed E-state index contributed by atoms with van der Waals surface area (Å²) in [6.45, 7) is 9.19. The third-order valence-corrected chi connectivity index (χ3v) is 3.60. The molecule has 0 heterocycles. The Morgan fingerprint density at radius 2 is 1.27 bits per heavy atom. The largest absolute Gasteiger partial charge is 0.490 e. The Balaban J connectivity index is 2.70. The number of carbonyl (C=O) groups excluding carboxylic acids is 1. The summed E-state index contributed by atoms with van der Waals surface area (Å²) >= 11 is 0. The quantitative estimate of drug-likeness (QED) is 0.585. The molecule has 0 bridgehead atoms. The SMILES string of the molecule is CCOc1cc(C(=O)c2ccccc2)c(OCC)c(OCC)c1OCC. The molecule has 26 heavy (non-hydrogen) atoms. The molecule has 0 aliphatic rings. The molecule has 0 saturated carbocycles. The molecule has 2 rings (SSSR count). The van der Waals surface area contributed by atoms with Crippen molar-refractivity contribution in [2.45, 2.75) is 27.7 Å². The molecule has 5 nitrogen and oxygen atoms in total. The zero-order valence-corrected chi connectivity index (χ0v) is 15.8. The van der Waals surface area contributed by atoms with E-state index in [2.05, 4.69) is 0 Å². The van der Waals surface area contributed by atoms with Crippen LogP contribution in [0, 0.1) is 0 Å². The molecule has 0 N–H and O–H groups in total. The van der Waals surface area contributed by atoms with Gasteiger partial charge < -0.3 is 18.9 Å². The summed E-state index contributed by atoms with van der Waals surface area (Å²) in [7, 11) is 0. The van der Waals surface area contributed by atoms with Gasteiger partial charge in [-0.1, -0.05) is 30.3 Å². The van der Waals surface area contributed by atoms with E-state index < -0.39 is 0 Å². The first-order chi connectivity index (χ1) is 12.7. The highest BCUT2D eigenvalue weighted by Gasteiger charge is 2.27. The van der Waals surface area contributed by atoms with Crippen LogP contribution in [-0.4, -0.2) is 32.2 Å². The molecule has 0 fully saturated rings. The number of hydrogen-bond acceptors (Lipinski definition) is 5. The van der Waals surface area contributed by atoms with Gasteiger partial charge in [-0.15, -0.1) is 0 Å². The third-order valence-electron chi connectivity index (χ3n) is 3.60. The zero-order chi connectivity index (χ0) is 18.9. The van der Waals surface area contributed by atoms with E-state index in [4.69, 9.17) is 18.9 Å². The normalized spacial score (nSPS) is 10.3. The van der Waals surface area contributed by atoms with E-state index >= 15 is 0 Å². The van der Waals surface area contributed by atoms with Crippen LogP contribution in [0.2, 0.25) is 0 Å². The molecule has 0 aliphatic heterocycles. The van der Waals surface area contributed by atoms with Crippen molar-refractivity contribution in [2.75, 3.05) is 26.4 Å². The molecule has 2 aromatic rings. The fourth-order valence-corrected chi connectivity index (χ4v) is 2.62. The molecular weight excluding hydrogens is 332 g/mol. The summed E-state index contributed by atoms with van der Waals surface area (Å²) in [6, 6.07) is 10.8. The van der Waals surface area contributed by atoms with Crippen molar-refractivity contribution in [3.63, 3.8) is 0 Å². The van der Waals surface area contributed by atoms with Crippen molar-refractivity contribution < 1.29 is 23.7 Å². The Hall–Kier alpha value is -2.69. The lowest BCUT2D eigenvalue weighted by Crippen LogP contribution is -2.11. The van der Waals surface area contributed by atoms with E-state index in [0.29, 0.717) is 60.6 Å². The van der Waals surface area contributed by atoms with Crippen molar-refractivity contribution >= 4 is 5.78 Å². The highest BCUT2D eigenvalue weighted by atomic mass is 16.6. The van der Waals surface area contributed by atoms with Crippen LogP contribution in [0.1, 0.15) is 43.6 Å². The van der Waals surface area contributed by atoms with E-state index in [1.807, 2.05) is 45.9 Å². The lowest BCUT2D eigenvalue weighted by atomic mass is 10.0. The average molecular weight is 358 g/mol. The van der Waals surface area contributed by atoms with Crippen molar-refractivity contribution in [2.24, 2.45) is 0 Å². The Morgan fingerprint density at radius 1 is 0.731 bits per heavy atom. The van der Waals surface area contributed by atoms with Crippen LogP contribution in [0.4, 0.5) is 0 Å². The van der Waals surface area contributed by atoms with Gasteiger partial charge in [-0.25, -0.2) is 0 Å². The van der Waals surface area contributed by atoms with Gasteiger partial charge in [0.15, 0.2) is 17.3 Å². The first-order valence-electron chi connectivity index (χ1n) is 8.99. The summed E-state index contributed by atoms with van der Waals surface area (Å²) in [5.74, 6) is 1.57. The van der Waals surface area contributed by atoms with E-state index in [1.165, 1.54) is 0 Å². The molecule has 0 atom stereocenters. The van der Waals surface area contributed by atoms with Gasteiger partial charge in [0, 0.05) is 5.56 Å². The molecule has 5 heteroatoms. The minimum Gasteiger partial charge on any atom is -0.490 e. The summed E-state index contributed by atoms with van der Waals surface area (Å²) in [5, 5.41) is 0. The zero-order valence-electron chi connectivity index (χ0n) is 15.8. The number of rotatable bonds is 10. The number of hydrogen-bond donors (Lipinski definition) is 0. The molecule has 0 spiro atoms. The Labute approximate surface area is 154 Å². The summed E-state index contributed by atoms with van der Waals surface area (Å²) in [5.41, 5.74) is 0.968. The van der Waals surface area contributed by atoms with Crippen LogP contribution >= 0.6 is 0 Å². The van der Waals surface area contributed by atoms with Crippen LogP contribution in [-0.2, 0) is 0 Å². The Morgan fingerprint density at radius 3 is 1.85 bits per heavy atom. The Kier molecular flexibility index (Phi) is 7.33. The second-order valence-corrected chi connectivity index (χ2v) is 5.34. The van der Waals surface area contributed by atoms with E-state index in [0.717, 1.165) is 0 Å². The highest BCUT2D eigenvalue weighted by Crippen LogP contribution is 2.47. The number of ether oxygens (including phenoxy) is 4. The van der Waals surface area contributed by atoms with Crippen LogP contribution in [0.3, 0.4) is 0 Å². The molecule has 0 unspecified atom stereocenters. The van der Waals surface area contributed by atoms with E-state index in [9.17, 15) is 4.79 Å². The van der Waals surface area contributed by atoms with Crippen LogP contribution in [0.15, 0.2) is 36.4 Å². The minimum absolute atomic E-state index is 0.154. The predicted octanol–water partition coefficient (Wildman–Crippen LogP) is 4.51. The highest BCUT2D eigenvalue weighted by molar-refractivity contribution is 6.11. The van der Waals surface area contributed by atoms with Crippen LogP contribution < -0.4 is 18.9 Å². The molecule has 0 saturated heterocycles. The monoisotopic (exact) mass is 358 g/mol. The molecule has 0 aromatic heterocycles. The van der Waals surface area contributed by atoms with Gasteiger partial charge in [0.2, 0.25) is 11.5 Å². The lowest BCUT2D eigenvalue weighted by molar-refractivity contribution is 0.103. The van der Waals surface area contributed by atoms with Gasteiger partial charge in [0.05, 0.1) is 32.0 Å².